The van der Waals surface area contributed by atoms with Gasteiger partial charge in [-0.25, -0.2) is 13.2 Å². The van der Waals surface area contributed by atoms with Gasteiger partial charge in [-0.3, -0.25) is 4.79 Å². The van der Waals surface area contributed by atoms with E-state index >= 15 is 0 Å². The summed E-state index contributed by atoms with van der Waals surface area (Å²) in [5.74, 6) is -3.65. The Bertz CT molecular complexity index is 532. The lowest BCUT2D eigenvalue weighted by atomic mass is 9.93. The van der Waals surface area contributed by atoms with Crippen LogP contribution in [0.3, 0.4) is 0 Å². The Hall–Kier alpha value is -1.27. The highest BCUT2D eigenvalue weighted by Gasteiger charge is 2.35. The monoisotopic (exact) mass is 320 g/mol. The van der Waals surface area contributed by atoms with Crippen molar-refractivity contribution in [3.8, 4) is 0 Å². The van der Waals surface area contributed by atoms with Crippen molar-refractivity contribution in [1.29, 1.82) is 0 Å². The molecule has 3 rings (SSSR count). The molecule has 21 heavy (non-hydrogen) atoms. The van der Waals surface area contributed by atoms with Crippen molar-refractivity contribution in [1.82, 2.24) is 10.2 Å². The Morgan fingerprint density at radius 3 is 2.52 bits per heavy atom. The van der Waals surface area contributed by atoms with E-state index in [4.69, 9.17) is 0 Å². The molecule has 2 aliphatic heterocycles. The third-order valence-corrected chi connectivity index (χ3v) is 4.16. The van der Waals surface area contributed by atoms with Crippen LogP contribution in [-0.2, 0) is 0 Å². The average molecular weight is 321 g/mol. The predicted octanol–water partition coefficient (Wildman–Crippen LogP) is 2.35. The summed E-state index contributed by atoms with van der Waals surface area (Å²) in [6, 6.07) is 1.47. The number of halogens is 4. The quantitative estimate of drug-likeness (QED) is 0.861. The van der Waals surface area contributed by atoms with Gasteiger partial charge in [0.05, 0.1) is 0 Å². The van der Waals surface area contributed by atoms with E-state index < -0.39 is 28.9 Å². The zero-order valence-electron chi connectivity index (χ0n) is 11.2. The van der Waals surface area contributed by atoms with Gasteiger partial charge in [0.1, 0.15) is 23.0 Å². The summed E-state index contributed by atoms with van der Waals surface area (Å²) in [4.78, 5) is 13.7. The zero-order chi connectivity index (χ0) is 14.3. The van der Waals surface area contributed by atoms with Crippen LogP contribution in [0.25, 0.3) is 0 Å². The molecule has 1 aromatic rings. The first-order chi connectivity index (χ1) is 9.56. The maximum atomic E-state index is 13.6. The number of fused-ring (bicyclic) bond motifs is 1. The fraction of sp³-hybridized carbons (Fsp3) is 0.500. The first-order valence-corrected chi connectivity index (χ1v) is 6.73. The molecule has 1 amide bonds. The van der Waals surface area contributed by atoms with Crippen LogP contribution in [0.1, 0.15) is 23.2 Å². The first-order valence-electron chi connectivity index (χ1n) is 6.73. The molecule has 0 radical (unpaired) electrons. The van der Waals surface area contributed by atoms with Crippen molar-refractivity contribution in [2.24, 2.45) is 5.92 Å². The SMILES string of the molecule is Cl.O=C(c1c(F)cc(F)cc1F)N1CCC2NCCC2C1. The lowest BCUT2D eigenvalue weighted by molar-refractivity contribution is 0.0652. The summed E-state index contributed by atoms with van der Waals surface area (Å²) in [6.45, 7) is 1.87. The van der Waals surface area contributed by atoms with Gasteiger partial charge in [0, 0.05) is 31.3 Å². The minimum absolute atomic E-state index is 0. The Labute approximate surface area is 126 Å². The van der Waals surface area contributed by atoms with Gasteiger partial charge < -0.3 is 10.2 Å². The number of likely N-dealkylation sites (tertiary alicyclic amines) is 1. The van der Waals surface area contributed by atoms with Gasteiger partial charge in [-0.15, -0.1) is 12.4 Å². The van der Waals surface area contributed by atoms with Crippen LogP contribution in [0.4, 0.5) is 13.2 Å². The van der Waals surface area contributed by atoms with Crippen molar-refractivity contribution in [3.63, 3.8) is 0 Å². The fourth-order valence-electron chi connectivity index (χ4n) is 3.14. The van der Waals surface area contributed by atoms with Crippen LogP contribution in [0.2, 0.25) is 0 Å². The van der Waals surface area contributed by atoms with Crippen molar-refractivity contribution < 1.29 is 18.0 Å². The molecule has 2 unspecified atom stereocenters. The number of hydrogen-bond donors (Lipinski definition) is 1. The third-order valence-electron chi connectivity index (χ3n) is 4.16. The summed E-state index contributed by atoms with van der Waals surface area (Å²) in [5.41, 5.74) is -0.657. The summed E-state index contributed by atoms with van der Waals surface area (Å²) in [5, 5.41) is 3.35. The molecule has 7 heteroatoms. The zero-order valence-corrected chi connectivity index (χ0v) is 12.1. The topological polar surface area (TPSA) is 32.3 Å². The van der Waals surface area contributed by atoms with Crippen LogP contribution in [0.5, 0.6) is 0 Å². The minimum Gasteiger partial charge on any atom is -0.338 e. The number of rotatable bonds is 1. The highest BCUT2D eigenvalue weighted by Crippen LogP contribution is 2.26. The van der Waals surface area contributed by atoms with Crippen molar-refractivity contribution in [2.75, 3.05) is 19.6 Å². The van der Waals surface area contributed by atoms with Gasteiger partial charge in [-0.1, -0.05) is 0 Å². The molecule has 3 nitrogen and oxygen atoms in total. The molecule has 0 saturated carbocycles. The van der Waals surface area contributed by atoms with Crippen LogP contribution in [-0.4, -0.2) is 36.5 Å². The second-order valence-corrected chi connectivity index (χ2v) is 5.39. The summed E-state index contributed by atoms with van der Waals surface area (Å²) < 4.78 is 40.2. The Morgan fingerprint density at radius 2 is 1.86 bits per heavy atom. The molecule has 2 heterocycles. The number of nitrogens with one attached hydrogen (secondary N) is 1. The van der Waals surface area contributed by atoms with Crippen LogP contribution in [0, 0.1) is 23.4 Å². The highest BCUT2D eigenvalue weighted by atomic mass is 35.5. The minimum atomic E-state index is -1.14. The largest absolute Gasteiger partial charge is 0.338 e. The molecule has 2 fully saturated rings. The molecule has 2 aliphatic rings. The summed E-state index contributed by atoms with van der Waals surface area (Å²) in [6.07, 6.45) is 1.74. The molecule has 116 valence electrons. The fourth-order valence-corrected chi connectivity index (χ4v) is 3.14. The van der Waals surface area contributed by atoms with Crippen molar-refractivity contribution >= 4 is 18.3 Å². The molecular weight excluding hydrogens is 305 g/mol. The third kappa shape index (κ3) is 3.01. The average Bonchev–Trinajstić information content (AvgIpc) is 2.84. The second-order valence-electron chi connectivity index (χ2n) is 5.39. The number of hydrogen-bond acceptors (Lipinski definition) is 2. The van der Waals surface area contributed by atoms with Crippen molar-refractivity contribution in [3.05, 3.63) is 35.1 Å². The van der Waals surface area contributed by atoms with E-state index in [1.54, 1.807) is 0 Å². The van der Waals surface area contributed by atoms with E-state index in [0.717, 1.165) is 19.4 Å². The van der Waals surface area contributed by atoms with Gasteiger partial charge in [-0.05, 0) is 25.3 Å². The molecule has 0 bridgehead atoms. The number of amides is 1. The first kappa shape index (κ1) is 16.1. The second kappa shape index (κ2) is 6.23. The molecule has 2 saturated heterocycles. The molecule has 0 aliphatic carbocycles. The summed E-state index contributed by atoms with van der Waals surface area (Å²) >= 11 is 0. The van der Waals surface area contributed by atoms with Gasteiger partial charge in [0.15, 0.2) is 0 Å². The van der Waals surface area contributed by atoms with Gasteiger partial charge in [0.25, 0.3) is 5.91 Å². The van der Waals surface area contributed by atoms with E-state index in [-0.39, 0.29) is 12.4 Å². The van der Waals surface area contributed by atoms with Crippen molar-refractivity contribution in [2.45, 2.75) is 18.9 Å². The smallest absolute Gasteiger partial charge is 0.259 e. The number of carbonyl (C=O) groups excluding carboxylic acids is 1. The van der Waals surface area contributed by atoms with E-state index in [2.05, 4.69) is 5.32 Å². The molecule has 2 atom stereocenters. The number of carbonyl (C=O) groups is 1. The Balaban J connectivity index is 0.00000161. The van der Waals surface area contributed by atoms with Gasteiger partial charge in [0.2, 0.25) is 0 Å². The van der Waals surface area contributed by atoms with Crippen LogP contribution >= 0.6 is 12.4 Å². The summed E-state index contributed by atoms with van der Waals surface area (Å²) in [7, 11) is 0. The molecular formula is C14H16ClF3N2O. The predicted molar refractivity (Wildman–Crippen MR) is 74.0 cm³/mol. The highest BCUT2D eigenvalue weighted by molar-refractivity contribution is 5.94. The van der Waals surface area contributed by atoms with E-state index in [0.29, 0.717) is 37.2 Å². The number of piperidine rings is 1. The normalized spacial score (nSPS) is 24.4. The lowest BCUT2D eigenvalue weighted by Crippen LogP contribution is -2.47. The molecule has 1 N–H and O–H groups in total. The van der Waals surface area contributed by atoms with Crippen LogP contribution < -0.4 is 5.32 Å². The molecule has 0 aromatic heterocycles. The van der Waals surface area contributed by atoms with E-state index in [9.17, 15) is 18.0 Å². The molecule has 0 spiro atoms. The number of nitrogens with zero attached hydrogens (tertiary/aromatic N) is 1. The standard InChI is InChI=1S/C14H15F3N2O.ClH/c15-9-5-10(16)13(11(17)6-9)14(20)19-4-2-12-8(7-19)1-3-18-12;/h5-6,8,12,18H,1-4,7H2;1H. The van der Waals surface area contributed by atoms with E-state index in [1.165, 1.54) is 4.90 Å². The molecule has 1 aromatic carbocycles. The van der Waals surface area contributed by atoms with Gasteiger partial charge in [-0.2, -0.15) is 0 Å². The maximum Gasteiger partial charge on any atom is 0.259 e. The van der Waals surface area contributed by atoms with Gasteiger partial charge >= 0.3 is 0 Å². The number of benzene rings is 1. The Morgan fingerprint density at radius 1 is 1.19 bits per heavy atom. The maximum absolute atomic E-state index is 13.6. The van der Waals surface area contributed by atoms with E-state index in [1.807, 2.05) is 0 Å². The Kier molecular flexibility index (Phi) is 4.78. The van der Waals surface area contributed by atoms with Crippen LogP contribution in [0.15, 0.2) is 12.1 Å². The lowest BCUT2D eigenvalue weighted by Gasteiger charge is -2.35.